The Morgan fingerprint density at radius 1 is 1.12 bits per heavy atom. The zero-order valence-corrected chi connectivity index (χ0v) is 21.6. The van der Waals surface area contributed by atoms with E-state index in [0.29, 0.717) is 43.1 Å². The van der Waals surface area contributed by atoms with Gasteiger partial charge in [0.05, 0.1) is 54.4 Å². The molecule has 0 radical (unpaired) electrons. The highest BCUT2D eigenvalue weighted by atomic mass is 19.3. The Balaban J connectivity index is 1.70. The maximum atomic E-state index is 14.9. The van der Waals surface area contributed by atoms with Crippen molar-refractivity contribution in [3.8, 4) is 11.1 Å². The third-order valence-electron chi connectivity index (χ3n) is 6.64. The van der Waals surface area contributed by atoms with E-state index in [0.717, 1.165) is 6.07 Å². The van der Waals surface area contributed by atoms with Crippen LogP contribution in [0.3, 0.4) is 0 Å². The number of ether oxygens (including phenoxy) is 1. The summed E-state index contributed by atoms with van der Waals surface area (Å²) in [5.74, 6) is -1.67. The molecule has 2 N–H and O–H groups in total. The standard InChI is InChI=1S/C27H25F3N6O4/c1-14(17-4-3-5-18(22(17)28)24(29)30)32-25-19-13-36(35-8-10-40-11-9-35)26(37)21(23(19)33-15(2)34-25)16-6-7-20(27(38)39)31-12-16/h3-7,12-14,24H,8-11H2,1-2H3,(H,38,39)(H,32,33,34)/t14-/m1/s1. The number of nitrogens with one attached hydrogen (secondary N) is 1. The highest BCUT2D eigenvalue weighted by molar-refractivity contribution is 5.98. The van der Waals surface area contributed by atoms with E-state index in [-0.39, 0.29) is 28.2 Å². The minimum atomic E-state index is -2.97. The van der Waals surface area contributed by atoms with E-state index in [1.165, 1.54) is 35.1 Å². The van der Waals surface area contributed by atoms with Crippen molar-refractivity contribution in [1.29, 1.82) is 0 Å². The first-order valence-corrected chi connectivity index (χ1v) is 12.5. The van der Waals surface area contributed by atoms with Crippen molar-refractivity contribution < 1.29 is 27.8 Å². The molecule has 0 spiro atoms. The number of morpholine rings is 1. The SMILES string of the molecule is Cc1nc(N[C@H](C)c2cccc(C(F)F)c2F)c2cn(N3CCOCC3)c(=O)c(-c3ccc(C(=O)O)nc3)c2n1. The van der Waals surface area contributed by atoms with E-state index in [1.54, 1.807) is 25.1 Å². The van der Waals surface area contributed by atoms with E-state index in [1.807, 2.05) is 0 Å². The van der Waals surface area contributed by atoms with Gasteiger partial charge < -0.3 is 20.2 Å². The number of carboxylic acids is 1. The predicted octanol–water partition coefficient (Wildman–Crippen LogP) is 4.08. The molecule has 5 rings (SSSR count). The van der Waals surface area contributed by atoms with Gasteiger partial charge in [0.25, 0.3) is 12.0 Å². The van der Waals surface area contributed by atoms with Crippen molar-refractivity contribution >= 4 is 22.7 Å². The van der Waals surface area contributed by atoms with E-state index >= 15 is 0 Å². The second-order valence-corrected chi connectivity index (χ2v) is 9.26. The number of aromatic carboxylic acids is 1. The summed E-state index contributed by atoms with van der Waals surface area (Å²) in [7, 11) is 0. The molecule has 0 saturated carbocycles. The summed E-state index contributed by atoms with van der Waals surface area (Å²) >= 11 is 0. The average Bonchev–Trinajstić information content (AvgIpc) is 2.93. The molecule has 1 saturated heterocycles. The van der Waals surface area contributed by atoms with Gasteiger partial charge in [0.15, 0.2) is 0 Å². The quantitative estimate of drug-likeness (QED) is 0.348. The molecule has 0 amide bonds. The molecule has 0 unspecified atom stereocenters. The summed E-state index contributed by atoms with van der Waals surface area (Å²) in [6.07, 6.45) is -0.103. The van der Waals surface area contributed by atoms with Crippen molar-refractivity contribution in [1.82, 2.24) is 19.6 Å². The molecule has 0 bridgehead atoms. The van der Waals surface area contributed by atoms with Gasteiger partial charge in [-0.25, -0.2) is 37.6 Å². The van der Waals surface area contributed by atoms with Crippen LogP contribution in [0.1, 0.15) is 46.8 Å². The van der Waals surface area contributed by atoms with Gasteiger partial charge in [-0.2, -0.15) is 0 Å². The number of nitrogens with zero attached hydrogens (tertiary/aromatic N) is 5. The Hall–Kier alpha value is -4.52. The first-order chi connectivity index (χ1) is 19.2. The normalized spacial score (nSPS) is 14.5. The van der Waals surface area contributed by atoms with Crippen molar-refractivity contribution in [3.63, 3.8) is 0 Å². The Bertz CT molecular complexity index is 1640. The summed E-state index contributed by atoms with van der Waals surface area (Å²) in [6, 6.07) is 5.82. The van der Waals surface area contributed by atoms with Crippen LogP contribution in [-0.2, 0) is 4.74 Å². The van der Waals surface area contributed by atoms with Gasteiger partial charge in [0.1, 0.15) is 23.2 Å². The molecule has 1 atom stereocenters. The van der Waals surface area contributed by atoms with Crippen LogP contribution < -0.4 is 15.9 Å². The molecule has 4 heterocycles. The number of anilines is 1. The first kappa shape index (κ1) is 27.1. The van der Waals surface area contributed by atoms with E-state index in [2.05, 4.69) is 20.3 Å². The summed E-state index contributed by atoms with van der Waals surface area (Å²) < 4.78 is 48.5. The van der Waals surface area contributed by atoms with E-state index < -0.39 is 35.4 Å². The van der Waals surface area contributed by atoms with Crippen molar-refractivity contribution in [2.75, 3.05) is 36.6 Å². The van der Waals surface area contributed by atoms with E-state index in [9.17, 15) is 27.9 Å². The Labute approximate surface area is 226 Å². The smallest absolute Gasteiger partial charge is 0.354 e. The fourth-order valence-electron chi connectivity index (χ4n) is 4.66. The van der Waals surface area contributed by atoms with Crippen molar-refractivity contribution in [2.45, 2.75) is 26.3 Å². The van der Waals surface area contributed by atoms with Crippen molar-refractivity contribution in [3.05, 3.63) is 81.5 Å². The number of aryl methyl sites for hydroxylation is 1. The highest BCUT2D eigenvalue weighted by Crippen LogP contribution is 2.32. The summed E-state index contributed by atoms with van der Waals surface area (Å²) in [5.41, 5.74) is -0.494. The Morgan fingerprint density at radius 2 is 1.85 bits per heavy atom. The molecule has 208 valence electrons. The molecular formula is C27H25F3N6O4. The third kappa shape index (κ3) is 5.07. The van der Waals surface area contributed by atoms with E-state index in [4.69, 9.17) is 4.74 Å². The van der Waals surface area contributed by atoms with Gasteiger partial charge in [-0.05, 0) is 19.9 Å². The van der Waals surface area contributed by atoms with Gasteiger partial charge in [-0.1, -0.05) is 24.3 Å². The van der Waals surface area contributed by atoms with Gasteiger partial charge in [0.2, 0.25) is 0 Å². The molecule has 4 aromatic rings. The largest absolute Gasteiger partial charge is 0.477 e. The van der Waals surface area contributed by atoms with Crippen LogP contribution in [0.5, 0.6) is 0 Å². The predicted molar refractivity (Wildman–Crippen MR) is 141 cm³/mol. The second-order valence-electron chi connectivity index (χ2n) is 9.26. The highest BCUT2D eigenvalue weighted by Gasteiger charge is 2.24. The maximum Gasteiger partial charge on any atom is 0.354 e. The number of hydrogen-bond donors (Lipinski definition) is 2. The Kier molecular flexibility index (Phi) is 7.39. The second kappa shape index (κ2) is 10.9. The minimum absolute atomic E-state index is 0.0254. The van der Waals surface area contributed by atoms with Crippen LogP contribution >= 0.6 is 0 Å². The van der Waals surface area contributed by atoms with Gasteiger partial charge >= 0.3 is 5.97 Å². The lowest BCUT2D eigenvalue weighted by Crippen LogP contribution is -2.49. The first-order valence-electron chi connectivity index (χ1n) is 12.5. The molecule has 1 fully saturated rings. The molecule has 0 aliphatic carbocycles. The molecule has 10 nitrogen and oxygen atoms in total. The summed E-state index contributed by atoms with van der Waals surface area (Å²) in [5, 5.41) is 14.6. The lowest BCUT2D eigenvalue weighted by Gasteiger charge is -2.31. The number of rotatable bonds is 7. The molecule has 1 aliphatic rings. The zero-order chi connectivity index (χ0) is 28.6. The lowest BCUT2D eigenvalue weighted by atomic mass is 10.0. The van der Waals surface area contributed by atoms with Crippen LogP contribution in [0, 0.1) is 12.7 Å². The van der Waals surface area contributed by atoms with Gasteiger partial charge in [0, 0.05) is 23.5 Å². The number of pyridine rings is 2. The van der Waals surface area contributed by atoms with Gasteiger partial charge in [-0.15, -0.1) is 0 Å². The van der Waals surface area contributed by atoms with Crippen LogP contribution in [0.25, 0.3) is 22.0 Å². The molecular weight excluding hydrogens is 529 g/mol. The van der Waals surface area contributed by atoms with Crippen LogP contribution in [0.4, 0.5) is 19.0 Å². The topological polar surface area (TPSA) is 122 Å². The van der Waals surface area contributed by atoms with Crippen molar-refractivity contribution in [2.24, 2.45) is 0 Å². The molecule has 1 aliphatic heterocycles. The summed E-state index contributed by atoms with van der Waals surface area (Å²) in [6.45, 7) is 4.90. The number of hydrogen-bond acceptors (Lipinski definition) is 8. The minimum Gasteiger partial charge on any atom is -0.477 e. The Morgan fingerprint density at radius 3 is 2.50 bits per heavy atom. The lowest BCUT2D eigenvalue weighted by molar-refractivity contribution is 0.0690. The number of fused-ring (bicyclic) bond motifs is 1. The number of carboxylic acid groups (broad SMARTS) is 1. The average molecular weight is 555 g/mol. The monoisotopic (exact) mass is 554 g/mol. The molecule has 3 aromatic heterocycles. The summed E-state index contributed by atoms with van der Waals surface area (Å²) in [4.78, 5) is 38.2. The van der Waals surface area contributed by atoms with Crippen LogP contribution in [-0.4, -0.2) is 57.0 Å². The van der Waals surface area contributed by atoms with Crippen LogP contribution in [0.2, 0.25) is 0 Å². The number of halogens is 3. The number of alkyl halides is 2. The molecule has 13 heteroatoms. The molecule has 1 aromatic carbocycles. The number of aromatic nitrogens is 4. The number of carbonyl (C=O) groups is 1. The van der Waals surface area contributed by atoms with Gasteiger partial charge in [-0.3, -0.25) is 4.79 Å². The zero-order valence-electron chi connectivity index (χ0n) is 21.6. The third-order valence-corrected chi connectivity index (χ3v) is 6.64. The fourth-order valence-corrected chi connectivity index (χ4v) is 4.66. The van der Waals surface area contributed by atoms with Crippen LogP contribution in [0.15, 0.2) is 47.5 Å². The maximum absolute atomic E-state index is 14.9. The molecule has 40 heavy (non-hydrogen) atoms. The fraction of sp³-hybridized carbons (Fsp3) is 0.296. The number of benzene rings is 1.